The molecule has 2 atom stereocenters. The zero-order chi connectivity index (χ0) is 10.1. The summed E-state index contributed by atoms with van der Waals surface area (Å²) in [5.41, 5.74) is 0. The van der Waals surface area contributed by atoms with E-state index in [0.717, 1.165) is 0 Å². The van der Waals surface area contributed by atoms with Gasteiger partial charge >= 0.3 is 0 Å². The molecular formula is C10H20I2O. The highest BCUT2D eigenvalue weighted by Crippen LogP contribution is 2.20. The summed E-state index contributed by atoms with van der Waals surface area (Å²) in [6.45, 7) is 4.45. The van der Waals surface area contributed by atoms with E-state index >= 15 is 0 Å². The second kappa shape index (κ2) is 9.96. The topological polar surface area (TPSA) is 9.23 Å². The molecule has 13 heavy (non-hydrogen) atoms. The van der Waals surface area contributed by atoms with E-state index in [1.807, 2.05) is 0 Å². The molecular weight excluding hydrogens is 390 g/mol. The van der Waals surface area contributed by atoms with Gasteiger partial charge in [0.15, 0.2) is 0 Å². The number of hydrogen-bond donors (Lipinski definition) is 0. The summed E-state index contributed by atoms with van der Waals surface area (Å²) in [4.78, 5) is 0. The van der Waals surface area contributed by atoms with E-state index in [0.29, 0.717) is 8.22 Å². The third-order valence-electron chi connectivity index (χ3n) is 1.86. The van der Waals surface area contributed by atoms with Gasteiger partial charge in [0.25, 0.3) is 0 Å². The number of halogens is 2. The van der Waals surface area contributed by atoms with Crippen molar-refractivity contribution >= 4 is 45.2 Å². The summed E-state index contributed by atoms with van der Waals surface area (Å²) < 4.78 is 6.65. The molecule has 0 amide bonds. The summed E-state index contributed by atoms with van der Waals surface area (Å²) in [6, 6.07) is 0. The van der Waals surface area contributed by atoms with E-state index in [1.54, 1.807) is 0 Å². The average Bonchev–Trinajstić information content (AvgIpc) is 2.11. The van der Waals surface area contributed by atoms with Gasteiger partial charge in [0.2, 0.25) is 0 Å². The lowest BCUT2D eigenvalue weighted by Crippen LogP contribution is -2.11. The van der Waals surface area contributed by atoms with Crippen LogP contribution in [0.25, 0.3) is 0 Å². The molecule has 0 aliphatic carbocycles. The van der Waals surface area contributed by atoms with Crippen molar-refractivity contribution in [1.29, 1.82) is 0 Å². The molecule has 0 N–H and O–H groups in total. The molecule has 0 aliphatic heterocycles. The lowest BCUT2D eigenvalue weighted by Gasteiger charge is -2.16. The van der Waals surface area contributed by atoms with Crippen LogP contribution in [0, 0.1) is 0 Å². The fourth-order valence-electron chi connectivity index (χ4n) is 1.03. The van der Waals surface area contributed by atoms with Gasteiger partial charge in [-0.05, 0) is 12.8 Å². The minimum absolute atomic E-state index is 0.413. The van der Waals surface area contributed by atoms with Crippen molar-refractivity contribution in [3.05, 3.63) is 0 Å². The van der Waals surface area contributed by atoms with Crippen LogP contribution in [0.3, 0.4) is 0 Å². The van der Waals surface area contributed by atoms with Crippen LogP contribution in [-0.4, -0.2) is 8.22 Å². The fraction of sp³-hybridized carbons (Fsp3) is 1.00. The smallest absolute Gasteiger partial charge is 0.110 e. The minimum Gasteiger partial charge on any atom is -0.354 e. The normalized spacial score (nSPS) is 15.7. The molecule has 3 heteroatoms. The molecule has 0 heterocycles. The van der Waals surface area contributed by atoms with Gasteiger partial charge in [-0.15, -0.1) is 0 Å². The summed E-state index contributed by atoms with van der Waals surface area (Å²) in [6.07, 6.45) is 7.49. The zero-order valence-corrected chi connectivity index (χ0v) is 12.9. The standard InChI is InChI=1S/C10H20I2O/c1-3-5-7-9(11)13-10(12)8-6-4-2/h9-10H,3-8H2,1-2H3. The van der Waals surface area contributed by atoms with Crippen molar-refractivity contribution < 1.29 is 4.74 Å². The third-order valence-corrected chi connectivity index (χ3v) is 3.70. The molecule has 0 saturated heterocycles. The maximum atomic E-state index is 5.83. The second-order valence-electron chi connectivity index (χ2n) is 3.24. The average molecular weight is 410 g/mol. The number of alkyl halides is 2. The molecule has 0 spiro atoms. The Morgan fingerprint density at radius 3 is 1.62 bits per heavy atom. The Labute approximate surface area is 110 Å². The molecule has 0 aromatic carbocycles. The molecule has 0 bridgehead atoms. The highest BCUT2D eigenvalue weighted by atomic mass is 127. The molecule has 0 saturated carbocycles. The van der Waals surface area contributed by atoms with Crippen molar-refractivity contribution in [3.8, 4) is 0 Å². The maximum absolute atomic E-state index is 5.83. The first-order chi connectivity index (χ1) is 6.20. The Kier molecular flexibility index (Phi) is 11.0. The quantitative estimate of drug-likeness (QED) is 0.409. The van der Waals surface area contributed by atoms with Crippen molar-refractivity contribution in [1.82, 2.24) is 0 Å². The molecule has 2 unspecified atom stereocenters. The maximum Gasteiger partial charge on any atom is 0.110 e. The number of ether oxygens (including phenoxy) is 1. The largest absolute Gasteiger partial charge is 0.354 e. The van der Waals surface area contributed by atoms with E-state index in [9.17, 15) is 0 Å². The second-order valence-corrected chi connectivity index (χ2v) is 6.02. The molecule has 0 aromatic rings. The van der Waals surface area contributed by atoms with Crippen molar-refractivity contribution in [3.63, 3.8) is 0 Å². The van der Waals surface area contributed by atoms with E-state index in [1.165, 1.54) is 38.5 Å². The predicted octanol–water partition coefficient (Wildman–Crippen LogP) is 4.91. The molecule has 0 rings (SSSR count). The van der Waals surface area contributed by atoms with Crippen LogP contribution in [0.4, 0.5) is 0 Å². The van der Waals surface area contributed by atoms with Crippen molar-refractivity contribution in [2.75, 3.05) is 0 Å². The van der Waals surface area contributed by atoms with E-state index in [2.05, 4.69) is 59.0 Å². The van der Waals surface area contributed by atoms with Crippen LogP contribution in [0.15, 0.2) is 0 Å². The van der Waals surface area contributed by atoms with E-state index in [4.69, 9.17) is 4.74 Å². The Morgan fingerprint density at radius 2 is 1.31 bits per heavy atom. The molecule has 1 nitrogen and oxygen atoms in total. The Hall–Kier alpha value is 1.42. The number of rotatable bonds is 8. The third kappa shape index (κ3) is 9.72. The van der Waals surface area contributed by atoms with Gasteiger partial charge in [0.1, 0.15) is 8.22 Å². The monoisotopic (exact) mass is 410 g/mol. The predicted molar refractivity (Wildman–Crippen MR) is 75.8 cm³/mol. The van der Waals surface area contributed by atoms with Gasteiger partial charge in [-0.3, -0.25) is 0 Å². The van der Waals surface area contributed by atoms with Crippen LogP contribution < -0.4 is 0 Å². The van der Waals surface area contributed by atoms with Gasteiger partial charge in [0.05, 0.1) is 0 Å². The zero-order valence-electron chi connectivity index (χ0n) is 8.56. The van der Waals surface area contributed by atoms with Crippen LogP contribution in [0.1, 0.15) is 52.4 Å². The molecule has 0 aliphatic rings. The molecule has 0 radical (unpaired) electrons. The first kappa shape index (κ1) is 14.4. The summed E-state index contributed by atoms with van der Waals surface area (Å²) in [5.74, 6) is 0. The lowest BCUT2D eigenvalue weighted by molar-refractivity contribution is 0.0995. The van der Waals surface area contributed by atoms with Crippen LogP contribution in [0.5, 0.6) is 0 Å². The van der Waals surface area contributed by atoms with E-state index < -0.39 is 0 Å². The van der Waals surface area contributed by atoms with Gasteiger partial charge in [-0.1, -0.05) is 84.7 Å². The van der Waals surface area contributed by atoms with Gasteiger partial charge in [-0.25, -0.2) is 0 Å². The van der Waals surface area contributed by atoms with Crippen LogP contribution >= 0.6 is 45.2 Å². The summed E-state index contributed by atoms with van der Waals surface area (Å²) in [7, 11) is 0. The molecule has 80 valence electrons. The van der Waals surface area contributed by atoms with Crippen molar-refractivity contribution in [2.45, 2.75) is 60.6 Å². The number of hydrogen-bond acceptors (Lipinski definition) is 1. The Bertz CT molecular complexity index is 97.1. The van der Waals surface area contributed by atoms with Gasteiger partial charge in [-0.2, -0.15) is 0 Å². The van der Waals surface area contributed by atoms with Crippen LogP contribution in [0.2, 0.25) is 0 Å². The van der Waals surface area contributed by atoms with E-state index in [-0.39, 0.29) is 0 Å². The van der Waals surface area contributed by atoms with Crippen molar-refractivity contribution in [2.24, 2.45) is 0 Å². The molecule has 0 fully saturated rings. The first-order valence-electron chi connectivity index (χ1n) is 5.14. The van der Waals surface area contributed by atoms with Crippen LogP contribution in [-0.2, 0) is 4.74 Å². The lowest BCUT2D eigenvalue weighted by atomic mass is 10.2. The van der Waals surface area contributed by atoms with Gasteiger partial charge in [0, 0.05) is 0 Å². The highest BCUT2D eigenvalue weighted by Gasteiger charge is 2.09. The number of unbranched alkanes of at least 4 members (excludes halogenated alkanes) is 2. The fourth-order valence-corrected chi connectivity index (χ4v) is 3.18. The Morgan fingerprint density at radius 1 is 0.923 bits per heavy atom. The summed E-state index contributed by atoms with van der Waals surface area (Å²) in [5, 5.41) is 0. The highest BCUT2D eigenvalue weighted by molar-refractivity contribution is 14.1. The van der Waals surface area contributed by atoms with Gasteiger partial charge < -0.3 is 4.74 Å². The first-order valence-corrected chi connectivity index (χ1v) is 7.63. The summed E-state index contributed by atoms with van der Waals surface area (Å²) >= 11 is 4.81. The minimum atomic E-state index is 0.413. The Balaban J connectivity index is 3.35. The molecule has 0 aromatic heterocycles. The SMILES string of the molecule is CCCCC(I)OC(I)CCCC.